The van der Waals surface area contributed by atoms with Gasteiger partial charge in [0.2, 0.25) is 5.91 Å². The summed E-state index contributed by atoms with van der Waals surface area (Å²) in [5.41, 5.74) is 1.23. The second-order valence-corrected chi connectivity index (χ2v) is 5.99. The number of rotatable bonds is 5. The number of carbonyl (C=O) groups is 1. The molecule has 0 bridgehead atoms. The van der Waals surface area contributed by atoms with Crippen LogP contribution in [0.1, 0.15) is 12.5 Å². The molecular weight excluding hydrogens is 264 g/mol. The van der Waals surface area contributed by atoms with Crippen molar-refractivity contribution in [2.75, 3.05) is 5.32 Å². The van der Waals surface area contributed by atoms with Gasteiger partial charge in [-0.3, -0.25) is 4.79 Å². The SMILES string of the molecule is CC(SCc1ccccc1)C(=O)Nc1nccs1. The molecule has 0 saturated carbocycles. The van der Waals surface area contributed by atoms with Crippen LogP contribution in [0.4, 0.5) is 5.13 Å². The molecule has 1 aromatic heterocycles. The molecule has 1 aromatic carbocycles. The Bertz CT molecular complexity index is 485. The molecule has 2 aromatic rings. The average Bonchev–Trinajstić information content (AvgIpc) is 2.90. The molecule has 1 atom stereocenters. The van der Waals surface area contributed by atoms with E-state index in [0.717, 1.165) is 5.75 Å². The van der Waals surface area contributed by atoms with Crippen molar-refractivity contribution in [2.24, 2.45) is 0 Å². The third kappa shape index (κ3) is 3.85. The highest BCUT2D eigenvalue weighted by Crippen LogP contribution is 2.19. The number of thioether (sulfide) groups is 1. The molecule has 0 aliphatic carbocycles. The minimum Gasteiger partial charge on any atom is -0.301 e. The lowest BCUT2D eigenvalue weighted by Gasteiger charge is -2.10. The van der Waals surface area contributed by atoms with Gasteiger partial charge in [0.1, 0.15) is 0 Å². The minimum absolute atomic E-state index is 0.00545. The summed E-state index contributed by atoms with van der Waals surface area (Å²) in [7, 11) is 0. The number of nitrogens with zero attached hydrogens (tertiary/aromatic N) is 1. The number of benzene rings is 1. The van der Waals surface area contributed by atoms with E-state index in [9.17, 15) is 4.79 Å². The zero-order valence-corrected chi connectivity index (χ0v) is 11.6. The van der Waals surface area contributed by atoms with Crippen LogP contribution in [0, 0.1) is 0 Å². The fourth-order valence-corrected chi connectivity index (χ4v) is 2.74. The Balaban J connectivity index is 1.81. The predicted molar refractivity (Wildman–Crippen MR) is 77.9 cm³/mol. The van der Waals surface area contributed by atoms with Crippen LogP contribution in [0.2, 0.25) is 0 Å². The second kappa shape index (κ2) is 6.56. The topological polar surface area (TPSA) is 42.0 Å². The summed E-state index contributed by atoms with van der Waals surface area (Å²) in [5.74, 6) is 0.846. The van der Waals surface area contributed by atoms with E-state index in [-0.39, 0.29) is 11.2 Å². The van der Waals surface area contributed by atoms with Gasteiger partial charge in [-0.1, -0.05) is 30.3 Å². The number of thiazole rings is 1. The lowest BCUT2D eigenvalue weighted by atomic mass is 10.2. The number of hydrogen-bond acceptors (Lipinski definition) is 4. The summed E-state index contributed by atoms with van der Waals surface area (Å²) in [6.07, 6.45) is 1.68. The van der Waals surface area contributed by atoms with Crippen LogP contribution < -0.4 is 5.32 Å². The Morgan fingerprint density at radius 1 is 1.44 bits per heavy atom. The van der Waals surface area contributed by atoms with E-state index in [0.29, 0.717) is 5.13 Å². The van der Waals surface area contributed by atoms with E-state index < -0.39 is 0 Å². The third-order valence-electron chi connectivity index (χ3n) is 2.37. The zero-order chi connectivity index (χ0) is 12.8. The molecule has 1 unspecified atom stereocenters. The highest BCUT2D eigenvalue weighted by molar-refractivity contribution is 7.99. The lowest BCUT2D eigenvalue weighted by Crippen LogP contribution is -2.22. The van der Waals surface area contributed by atoms with Crippen LogP contribution >= 0.6 is 23.1 Å². The fourth-order valence-electron chi connectivity index (χ4n) is 1.36. The van der Waals surface area contributed by atoms with Crippen molar-refractivity contribution in [3.63, 3.8) is 0 Å². The second-order valence-electron chi connectivity index (χ2n) is 3.77. The van der Waals surface area contributed by atoms with Crippen molar-refractivity contribution in [1.29, 1.82) is 0 Å². The first-order valence-corrected chi connectivity index (χ1v) is 7.54. The molecule has 0 saturated heterocycles. The van der Waals surface area contributed by atoms with Crippen LogP contribution in [-0.4, -0.2) is 16.1 Å². The monoisotopic (exact) mass is 278 g/mol. The predicted octanol–water partition coefficient (Wildman–Crippen LogP) is 3.40. The minimum atomic E-state index is -0.0888. The van der Waals surface area contributed by atoms with Crippen molar-refractivity contribution in [2.45, 2.75) is 17.9 Å². The van der Waals surface area contributed by atoms with Crippen LogP contribution in [0.3, 0.4) is 0 Å². The quantitative estimate of drug-likeness (QED) is 0.911. The normalized spacial score (nSPS) is 12.1. The van der Waals surface area contributed by atoms with Gasteiger partial charge in [-0.2, -0.15) is 0 Å². The van der Waals surface area contributed by atoms with Gasteiger partial charge < -0.3 is 5.32 Å². The van der Waals surface area contributed by atoms with Crippen molar-refractivity contribution >= 4 is 34.1 Å². The van der Waals surface area contributed by atoms with E-state index in [1.807, 2.05) is 30.5 Å². The number of hydrogen-bond donors (Lipinski definition) is 1. The lowest BCUT2D eigenvalue weighted by molar-refractivity contribution is -0.115. The number of amides is 1. The van der Waals surface area contributed by atoms with E-state index >= 15 is 0 Å². The molecule has 94 valence electrons. The molecule has 2 rings (SSSR count). The van der Waals surface area contributed by atoms with Gasteiger partial charge in [0.05, 0.1) is 5.25 Å². The number of aromatic nitrogens is 1. The molecule has 1 amide bonds. The maximum atomic E-state index is 11.9. The van der Waals surface area contributed by atoms with Crippen molar-refractivity contribution in [3.8, 4) is 0 Å². The summed E-state index contributed by atoms with van der Waals surface area (Å²) in [6.45, 7) is 1.91. The number of anilines is 1. The van der Waals surface area contributed by atoms with Gasteiger partial charge >= 0.3 is 0 Å². The molecule has 0 radical (unpaired) electrons. The Morgan fingerprint density at radius 2 is 2.22 bits per heavy atom. The molecule has 5 heteroatoms. The third-order valence-corrected chi connectivity index (χ3v) is 4.28. The Labute approximate surface area is 115 Å². The van der Waals surface area contributed by atoms with Crippen LogP contribution in [0.15, 0.2) is 41.9 Å². The van der Waals surface area contributed by atoms with Crippen LogP contribution in [0.5, 0.6) is 0 Å². The van der Waals surface area contributed by atoms with Gasteiger partial charge in [-0.25, -0.2) is 4.98 Å². The Kier molecular flexibility index (Phi) is 4.78. The maximum absolute atomic E-state index is 11.9. The number of nitrogens with one attached hydrogen (secondary N) is 1. The molecule has 0 aliphatic rings. The van der Waals surface area contributed by atoms with Gasteiger partial charge in [0, 0.05) is 17.3 Å². The Morgan fingerprint density at radius 3 is 2.89 bits per heavy atom. The Hall–Kier alpha value is -1.33. The highest BCUT2D eigenvalue weighted by atomic mass is 32.2. The molecule has 3 nitrogen and oxygen atoms in total. The van der Waals surface area contributed by atoms with Crippen molar-refractivity contribution < 1.29 is 4.79 Å². The standard InChI is InChI=1S/C13H14N2OS2/c1-10(12(16)15-13-14-7-8-17-13)18-9-11-5-3-2-4-6-11/h2-8,10H,9H2,1H3,(H,14,15,16). The fraction of sp³-hybridized carbons (Fsp3) is 0.231. The average molecular weight is 278 g/mol. The first kappa shape index (κ1) is 13.1. The van der Waals surface area contributed by atoms with Crippen molar-refractivity contribution in [1.82, 2.24) is 4.98 Å². The van der Waals surface area contributed by atoms with Gasteiger partial charge in [0.15, 0.2) is 5.13 Å². The molecule has 0 aliphatic heterocycles. The highest BCUT2D eigenvalue weighted by Gasteiger charge is 2.14. The maximum Gasteiger partial charge on any atom is 0.238 e. The van der Waals surface area contributed by atoms with E-state index in [1.54, 1.807) is 18.0 Å². The summed E-state index contributed by atoms with van der Waals surface area (Å²) in [5, 5.41) is 5.22. The summed E-state index contributed by atoms with van der Waals surface area (Å²) in [6, 6.07) is 10.1. The first-order valence-electron chi connectivity index (χ1n) is 5.61. The van der Waals surface area contributed by atoms with Gasteiger partial charge in [-0.05, 0) is 12.5 Å². The van der Waals surface area contributed by atoms with E-state index in [2.05, 4.69) is 22.4 Å². The molecule has 1 heterocycles. The molecule has 18 heavy (non-hydrogen) atoms. The summed E-state index contributed by atoms with van der Waals surface area (Å²) >= 11 is 3.06. The zero-order valence-electron chi connectivity index (χ0n) is 10.00. The van der Waals surface area contributed by atoms with Gasteiger partial charge in [-0.15, -0.1) is 23.1 Å². The summed E-state index contributed by atoms with van der Waals surface area (Å²) in [4.78, 5) is 15.9. The molecule has 1 N–H and O–H groups in total. The first-order chi connectivity index (χ1) is 8.75. The van der Waals surface area contributed by atoms with E-state index in [4.69, 9.17) is 0 Å². The number of carbonyl (C=O) groups excluding carboxylic acids is 1. The molecule has 0 fully saturated rings. The van der Waals surface area contributed by atoms with E-state index in [1.165, 1.54) is 16.9 Å². The smallest absolute Gasteiger partial charge is 0.238 e. The van der Waals surface area contributed by atoms with Gasteiger partial charge in [0.25, 0.3) is 0 Å². The molecule has 0 spiro atoms. The largest absolute Gasteiger partial charge is 0.301 e. The van der Waals surface area contributed by atoms with Crippen molar-refractivity contribution in [3.05, 3.63) is 47.5 Å². The molecular formula is C13H14N2OS2. The summed E-state index contributed by atoms with van der Waals surface area (Å²) < 4.78 is 0. The van der Waals surface area contributed by atoms with Crippen LogP contribution in [-0.2, 0) is 10.5 Å². The van der Waals surface area contributed by atoms with Crippen LogP contribution in [0.25, 0.3) is 0 Å².